The van der Waals surface area contributed by atoms with Crippen molar-refractivity contribution in [1.29, 1.82) is 0 Å². The van der Waals surface area contributed by atoms with Gasteiger partial charge in [-0.3, -0.25) is 9.48 Å². The summed E-state index contributed by atoms with van der Waals surface area (Å²) < 4.78 is 1.60. The van der Waals surface area contributed by atoms with Gasteiger partial charge in [0.25, 0.3) is 0 Å². The number of aliphatic hydroxyl groups is 1. The first-order valence-electron chi connectivity index (χ1n) is 8.40. The maximum Gasteiger partial charge on any atom is 0.228 e. The van der Waals surface area contributed by atoms with E-state index in [9.17, 15) is 9.90 Å². The third-order valence-corrected chi connectivity index (χ3v) is 5.87. The summed E-state index contributed by atoms with van der Waals surface area (Å²) in [5.41, 5.74) is -1.02. The van der Waals surface area contributed by atoms with Crippen LogP contribution in [0.2, 0.25) is 5.02 Å². The van der Waals surface area contributed by atoms with Crippen molar-refractivity contribution in [1.82, 2.24) is 20.1 Å². The van der Waals surface area contributed by atoms with Crippen LogP contribution in [0.1, 0.15) is 25.3 Å². The Morgan fingerprint density at radius 1 is 1.44 bits per heavy atom. The molecule has 1 amide bonds. The molecule has 0 aliphatic heterocycles. The van der Waals surface area contributed by atoms with E-state index < -0.39 is 11.0 Å². The fraction of sp³-hybridized carbons (Fsp3) is 0.500. The summed E-state index contributed by atoms with van der Waals surface area (Å²) in [7, 11) is 1.61. The molecule has 3 unspecified atom stereocenters. The number of carbonyl (C=O) groups is 1. The Kier molecular flexibility index (Phi) is 4.84. The van der Waals surface area contributed by atoms with Gasteiger partial charge in [0.2, 0.25) is 5.91 Å². The molecule has 1 aromatic heterocycles. The summed E-state index contributed by atoms with van der Waals surface area (Å²) in [4.78, 5) is 16.5. The Labute approximate surface area is 152 Å². The van der Waals surface area contributed by atoms with Gasteiger partial charge in [0.15, 0.2) is 0 Å². The molecule has 1 saturated carbocycles. The van der Waals surface area contributed by atoms with Crippen LogP contribution in [0.5, 0.6) is 0 Å². The molecule has 6 nitrogen and oxygen atoms in total. The first-order valence-corrected chi connectivity index (χ1v) is 8.78. The van der Waals surface area contributed by atoms with Crippen LogP contribution in [0.15, 0.2) is 36.9 Å². The highest BCUT2D eigenvalue weighted by Gasteiger charge is 2.60. The van der Waals surface area contributed by atoms with Crippen molar-refractivity contribution in [3.05, 3.63) is 47.5 Å². The number of nitrogens with zero attached hydrogens (tertiary/aromatic N) is 3. The van der Waals surface area contributed by atoms with E-state index in [-0.39, 0.29) is 18.4 Å². The molecule has 134 valence electrons. The second kappa shape index (κ2) is 6.77. The number of carbonyl (C=O) groups excluding carboxylic acids is 1. The van der Waals surface area contributed by atoms with Gasteiger partial charge in [0.1, 0.15) is 18.3 Å². The lowest BCUT2D eigenvalue weighted by molar-refractivity contribution is -0.151. The van der Waals surface area contributed by atoms with Crippen molar-refractivity contribution < 1.29 is 9.90 Å². The van der Waals surface area contributed by atoms with E-state index in [2.05, 4.69) is 15.4 Å². The molecular weight excluding hydrogens is 340 g/mol. The number of hydrogen-bond donors (Lipinski definition) is 2. The smallest absolute Gasteiger partial charge is 0.228 e. The number of benzene rings is 1. The van der Waals surface area contributed by atoms with E-state index in [4.69, 9.17) is 11.6 Å². The van der Waals surface area contributed by atoms with Crippen molar-refractivity contribution in [3.63, 3.8) is 0 Å². The largest absolute Gasteiger partial charge is 0.387 e. The summed E-state index contributed by atoms with van der Waals surface area (Å²) in [6, 6.07) is 7.63. The monoisotopic (exact) mass is 362 g/mol. The lowest BCUT2D eigenvalue weighted by Crippen LogP contribution is -2.56. The van der Waals surface area contributed by atoms with Gasteiger partial charge in [-0.25, -0.2) is 4.98 Å². The van der Waals surface area contributed by atoms with Gasteiger partial charge in [0, 0.05) is 12.1 Å². The summed E-state index contributed by atoms with van der Waals surface area (Å²) in [6.45, 7) is 2.07. The fourth-order valence-corrected chi connectivity index (χ4v) is 4.12. The van der Waals surface area contributed by atoms with Crippen LogP contribution >= 0.6 is 11.6 Å². The van der Waals surface area contributed by atoms with Crippen LogP contribution < -0.4 is 5.32 Å². The Morgan fingerprint density at radius 2 is 2.16 bits per heavy atom. The van der Waals surface area contributed by atoms with Crippen LogP contribution in [0.4, 0.5) is 0 Å². The summed E-state index contributed by atoms with van der Waals surface area (Å²) in [5.74, 6) is -0.214. The highest BCUT2D eigenvalue weighted by Crippen LogP contribution is 2.52. The minimum atomic E-state index is -1.22. The molecule has 0 bridgehead atoms. The second-order valence-corrected chi connectivity index (χ2v) is 7.43. The van der Waals surface area contributed by atoms with Crippen LogP contribution in [-0.4, -0.2) is 38.4 Å². The van der Waals surface area contributed by atoms with Crippen molar-refractivity contribution in [3.8, 4) is 0 Å². The Morgan fingerprint density at radius 3 is 2.76 bits per heavy atom. The highest BCUT2D eigenvalue weighted by molar-refractivity contribution is 6.30. The lowest BCUT2D eigenvalue weighted by Gasteiger charge is -2.41. The fourth-order valence-electron chi connectivity index (χ4n) is 4.00. The number of aromatic nitrogens is 3. The van der Waals surface area contributed by atoms with Gasteiger partial charge in [0.05, 0.1) is 12.0 Å². The normalized spacial score (nSPS) is 28.9. The van der Waals surface area contributed by atoms with E-state index in [1.165, 1.54) is 6.33 Å². The van der Waals surface area contributed by atoms with Crippen molar-refractivity contribution in [2.24, 2.45) is 11.3 Å². The first-order chi connectivity index (χ1) is 11.9. The SMILES string of the molecule is CNC(=O)C1(C)CCC(Cc2ccc(Cl)cc2)C1(O)Cn1cncn1. The van der Waals surface area contributed by atoms with Crippen LogP contribution in [0.3, 0.4) is 0 Å². The van der Waals surface area contributed by atoms with Gasteiger partial charge < -0.3 is 10.4 Å². The molecule has 0 saturated heterocycles. The molecule has 3 rings (SSSR count). The van der Waals surface area contributed by atoms with E-state index in [0.29, 0.717) is 17.9 Å². The molecule has 25 heavy (non-hydrogen) atoms. The van der Waals surface area contributed by atoms with Crippen molar-refractivity contribution in [2.75, 3.05) is 7.05 Å². The van der Waals surface area contributed by atoms with Crippen LogP contribution in [0, 0.1) is 11.3 Å². The molecule has 7 heteroatoms. The molecule has 2 aromatic rings. The zero-order valence-electron chi connectivity index (χ0n) is 14.4. The summed E-state index contributed by atoms with van der Waals surface area (Å²) in [5, 5.41) is 19.2. The van der Waals surface area contributed by atoms with E-state index >= 15 is 0 Å². The zero-order valence-corrected chi connectivity index (χ0v) is 15.2. The van der Waals surface area contributed by atoms with E-state index in [1.807, 2.05) is 31.2 Å². The van der Waals surface area contributed by atoms with E-state index in [1.54, 1.807) is 18.1 Å². The minimum absolute atomic E-state index is 0.0693. The van der Waals surface area contributed by atoms with Gasteiger partial charge in [-0.2, -0.15) is 5.10 Å². The maximum atomic E-state index is 12.6. The molecular formula is C18H23ClN4O2. The molecule has 1 aliphatic carbocycles. The van der Waals surface area contributed by atoms with Crippen molar-refractivity contribution >= 4 is 17.5 Å². The number of nitrogens with one attached hydrogen (secondary N) is 1. The van der Waals surface area contributed by atoms with Gasteiger partial charge >= 0.3 is 0 Å². The Hall–Kier alpha value is -1.92. The van der Waals surface area contributed by atoms with Crippen LogP contribution in [-0.2, 0) is 17.8 Å². The van der Waals surface area contributed by atoms with Gasteiger partial charge in [-0.15, -0.1) is 0 Å². The topological polar surface area (TPSA) is 80.0 Å². The third kappa shape index (κ3) is 3.16. The van der Waals surface area contributed by atoms with E-state index in [0.717, 1.165) is 12.0 Å². The Balaban J connectivity index is 1.93. The Bertz CT molecular complexity index is 734. The molecule has 1 aromatic carbocycles. The zero-order chi connectivity index (χ0) is 18.1. The lowest BCUT2D eigenvalue weighted by atomic mass is 9.70. The minimum Gasteiger partial charge on any atom is -0.387 e. The van der Waals surface area contributed by atoms with Gasteiger partial charge in [-0.05, 0) is 49.8 Å². The number of halogens is 1. The quantitative estimate of drug-likeness (QED) is 0.853. The highest BCUT2D eigenvalue weighted by atomic mass is 35.5. The number of hydrogen-bond acceptors (Lipinski definition) is 4. The molecule has 1 heterocycles. The molecule has 3 atom stereocenters. The molecule has 1 aliphatic rings. The third-order valence-electron chi connectivity index (χ3n) is 5.62. The average molecular weight is 363 g/mol. The van der Waals surface area contributed by atoms with Gasteiger partial charge in [-0.1, -0.05) is 23.7 Å². The average Bonchev–Trinajstić information content (AvgIpc) is 3.19. The standard InChI is InChI=1S/C18H23ClN4O2/c1-17(16(24)20-2)8-7-14(9-13-3-5-15(19)6-4-13)18(17,25)10-23-12-21-11-22-23/h3-6,11-12,14,25H,7-10H2,1-2H3,(H,20,24). The molecule has 0 radical (unpaired) electrons. The first kappa shape index (κ1) is 17.9. The predicted octanol–water partition coefficient (Wildman–Crippen LogP) is 2.07. The number of amides is 1. The predicted molar refractivity (Wildman–Crippen MR) is 95.0 cm³/mol. The maximum absolute atomic E-state index is 12.6. The second-order valence-electron chi connectivity index (χ2n) is 6.99. The molecule has 0 spiro atoms. The summed E-state index contributed by atoms with van der Waals surface area (Å²) in [6.07, 6.45) is 5.06. The molecule has 2 N–H and O–H groups in total. The van der Waals surface area contributed by atoms with Crippen LogP contribution in [0.25, 0.3) is 0 Å². The van der Waals surface area contributed by atoms with Crippen molar-refractivity contribution in [2.45, 2.75) is 38.3 Å². The number of rotatable bonds is 5. The molecule has 1 fully saturated rings. The summed E-state index contributed by atoms with van der Waals surface area (Å²) >= 11 is 5.96.